The second-order valence-electron chi connectivity index (χ2n) is 5.21. The number of unbranched alkanes of at least 4 members (excludes halogenated alkanes) is 6. The topological polar surface area (TPSA) is 68.4 Å². The van der Waals surface area contributed by atoms with Crippen molar-refractivity contribution in [2.24, 2.45) is 5.73 Å². The van der Waals surface area contributed by atoms with Gasteiger partial charge in [0.25, 0.3) is 0 Å². The van der Waals surface area contributed by atoms with Crippen LogP contribution >= 0.6 is 0 Å². The summed E-state index contributed by atoms with van der Waals surface area (Å²) in [6.45, 7) is 4.91. The van der Waals surface area contributed by atoms with Crippen LogP contribution in [0.2, 0.25) is 0 Å². The monoisotopic (exact) mass is 280 g/mol. The average Bonchev–Trinajstić information content (AvgIpc) is 2.45. The fraction of sp³-hybridized carbons (Fsp3) is 0.688. The van der Waals surface area contributed by atoms with Gasteiger partial charge in [-0.3, -0.25) is 4.98 Å². The number of nitrogens with zero attached hydrogens (tertiary/aromatic N) is 1. The minimum atomic E-state index is 0.157. The summed E-state index contributed by atoms with van der Waals surface area (Å²) in [7, 11) is 0. The van der Waals surface area contributed by atoms with E-state index in [-0.39, 0.29) is 12.3 Å². The number of aryl methyl sites for hydroxylation is 1. The summed E-state index contributed by atoms with van der Waals surface area (Å²) in [5.74, 6) is 0.770. The Balaban J connectivity index is 2.27. The van der Waals surface area contributed by atoms with E-state index in [2.05, 4.69) is 11.9 Å². The lowest BCUT2D eigenvalue weighted by molar-refractivity contribution is 0.297. The van der Waals surface area contributed by atoms with Gasteiger partial charge in [0.15, 0.2) is 0 Å². The van der Waals surface area contributed by atoms with E-state index in [0.717, 1.165) is 6.42 Å². The predicted molar refractivity (Wildman–Crippen MR) is 82.0 cm³/mol. The van der Waals surface area contributed by atoms with Gasteiger partial charge >= 0.3 is 0 Å². The molecule has 1 heterocycles. The van der Waals surface area contributed by atoms with Crippen molar-refractivity contribution in [2.45, 2.75) is 65.3 Å². The van der Waals surface area contributed by atoms with Crippen LogP contribution in [0.25, 0.3) is 0 Å². The Kier molecular flexibility index (Phi) is 8.04. The van der Waals surface area contributed by atoms with Gasteiger partial charge in [0, 0.05) is 6.54 Å². The average molecular weight is 280 g/mol. The molecule has 20 heavy (non-hydrogen) atoms. The summed E-state index contributed by atoms with van der Waals surface area (Å²) in [4.78, 5) is 4.11. The van der Waals surface area contributed by atoms with Gasteiger partial charge in [0.2, 0.25) is 0 Å². The minimum absolute atomic E-state index is 0.157. The molecule has 4 nitrogen and oxygen atoms in total. The Bertz CT molecular complexity index is 394. The number of aromatic hydroxyl groups is 1. The van der Waals surface area contributed by atoms with Crippen molar-refractivity contribution < 1.29 is 9.84 Å². The molecule has 114 valence electrons. The number of hydrogen-bond donors (Lipinski definition) is 2. The molecule has 0 radical (unpaired) electrons. The van der Waals surface area contributed by atoms with Crippen molar-refractivity contribution in [3.8, 4) is 11.5 Å². The van der Waals surface area contributed by atoms with Crippen molar-refractivity contribution in [3.05, 3.63) is 17.5 Å². The van der Waals surface area contributed by atoms with Crippen molar-refractivity contribution in [3.63, 3.8) is 0 Å². The van der Waals surface area contributed by atoms with Gasteiger partial charge in [0.1, 0.15) is 11.5 Å². The number of pyridine rings is 1. The van der Waals surface area contributed by atoms with Crippen LogP contribution in [0.15, 0.2) is 6.20 Å². The lowest BCUT2D eigenvalue weighted by Crippen LogP contribution is -2.06. The van der Waals surface area contributed by atoms with Crippen molar-refractivity contribution in [2.75, 3.05) is 6.61 Å². The number of hydrogen-bond acceptors (Lipinski definition) is 4. The Labute approximate surface area is 122 Å². The van der Waals surface area contributed by atoms with E-state index in [1.165, 1.54) is 38.5 Å². The highest BCUT2D eigenvalue weighted by Gasteiger charge is 2.11. The SMILES string of the molecule is CCCCCCCCCOc1cnc(C)c(O)c1CN. The van der Waals surface area contributed by atoms with Crippen molar-refractivity contribution in [1.29, 1.82) is 0 Å². The van der Waals surface area contributed by atoms with E-state index < -0.39 is 0 Å². The van der Waals surface area contributed by atoms with Crippen LogP contribution < -0.4 is 10.5 Å². The maximum Gasteiger partial charge on any atom is 0.145 e. The van der Waals surface area contributed by atoms with Gasteiger partial charge in [-0.05, 0) is 13.3 Å². The van der Waals surface area contributed by atoms with Gasteiger partial charge in [0.05, 0.1) is 24.1 Å². The lowest BCUT2D eigenvalue weighted by Gasteiger charge is -2.12. The third-order valence-corrected chi connectivity index (χ3v) is 3.51. The van der Waals surface area contributed by atoms with E-state index in [0.29, 0.717) is 23.6 Å². The highest BCUT2D eigenvalue weighted by Crippen LogP contribution is 2.28. The van der Waals surface area contributed by atoms with Crippen LogP contribution in [0, 0.1) is 6.92 Å². The number of ether oxygens (including phenoxy) is 1. The first-order valence-corrected chi connectivity index (χ1v) is 7.71. The number of aromatic nitrogens is 1. The standard InChI is InChI=1S/C16H28N2O2/c1-3-4-5-6-7-8-9-10-20-15-12-18-13(2)16(19)14(15)11-17/h12,19H,3-11,17H2,1-2H3. The van der Waals surface area contributed by atoms with Crippen LogP contribution in [0.3, 0.4) is 0 Å². The molecule has 1 aromatic heterocycles. The minimum Gasteiger partial charge on any atom is -0.506 e. The fourth-order valence-electron chi connectivity index (χ4n) is 2.19. The van der Waals surface area contributed by atoms with Gasteiger partial charge in [-0.1, -0.05) is 45.4 Å². The molecule has 0 unspecified atom stereocenters. The van der Waals surface area contributed by atoms with Gasteiger partial charge in [-0.15, -0.1) is 0 Å². The van der Waals surface area contributed by atoms with Gasteiger partial charge in [-0.25, -0.2) is 0 Å². The Morgan fingerprint density at radius 2 is 1.80 bits per heavy atom. The summed E-state index contributed by atoms with van der Waals surface area (Å²) in [6, 6.07) is 0. The molecule has 0 atom stereocenters. The molecule has 0 aliphatic rings. The summed E-state index contributed by atoms with van der Waals surface area (Å²) in [5.41, 5.74) is 6.90. The molecule has 0 aliphatic heterocycles. The third kappa shape index (κ3) is 5.37. The highest BCUT2D eigenvalue weighted by atomic mass is 16.5. The molecule has 3 N–H and O–H groups in total. The first-order chi connectivity index (χ1) is 9.70. The Morgan fingerprint density at radius 3 is 2.45 bits per heavy atom. The van der Waals surface area contributed by atoms with Crippen LogP contribution in [0.5, 0.6) is 11.5 Å². The van der Waals surface area contributed by atoms with E-state index in [9.17, 15) is 5.11 Å². The van der Waals surface area contributed by atoms with Gasteiger partial charge in [-0.2, -0.15) is 0 Å². The molecule has 0 saturated carbocycles. The molecule has 0 amide bonds. The van der Waals surface area contributed by atoms with E-state index in [1.807, 2.05) is 0 Å². The van der Waals surface area contributed by atoms with Crippen LogP contribution in [-0.2, 0) is 6.54 Å². The molecule has 4 heteroatoms. The normalized spacial score (nSPS) is 10.8. The number of rotatable bonds is 10. The molecule has 1 rings (SSSR count). The van der Waals surface area contributed by atoms with Gasteiger partial charge < -0.3 is 15.6 Å². The smallest absolute Gasteiger partial charge is 0.145 e. The first-order valence-electron chi connectivity index (χ1n) is 7.71. The van der Waals surface area contributed by atoms with Crippen molar-refractivity contribution >= 4 is 0 Å². The summed E-state index contributed by atoms with van der Waals surface area (Å²) in [6.07, 6.45) is 10.4. The fourth-order valence-corrected chi connectivity index (χ4v) is 2.19. The lowest BCUT2D eigenvalue weighted by atomic mass is 10.1. The third-order valence-electron chi connectivity index (χ3n) is 3.51. The van der Waals surface area contributed by atoms with E-state index in [1.54, 1.807) is 13.1 Å². The summed E-state index contributed by atoms with van der Waals surface area (Å²) >= 11 is 0. The summed E-state index contributed by atoms with van der Waals surface area (Å²) < 4.78 is 5.69. The van der Waals surface area contributed by atoms with Crippen LogP contribution in [-0.4, -0.2) is 16.7 Å². The predicted octanol–water partition coefficient (Wildman–Crippen LogP) is 3.68. The molecule has 0 aromatic carbocycles. The zero-order chi connectivity index (χ0) is 14.8. The van der Waals surface area contributed by atoms with E-state index >= 15 is 0 Å². The first kappa shape index (κ1) is 16.8. The largest absolute Gasteiger partial charge is 0.506 e. The molecular formula is C16H28N2O2. The maximum absolute atomic E-state index is 9.88. The summed E-state index contributed by atoms with van der Waals surface area (Å²) in [5, 5.41) is 9.88. The maximum atomic E-state index is 9.88. The molecule has 0 spiro atoms. The second-order valence-corrected chi connectivity index (χ2v) is 5.21. The zero-order valence-electron chi connectivity index (χ0n) is 12.8. The zero-order valence-corrected chi connectivity index (χ0v) is 12.8. The van der Waals surface area contributed by atoms with Crippen LogP contribution in [0.4, 0.5) is 0 Å². The van der Waals surface area contributed by atoms with Crippen molar-refractivity contribution in [1.82, 2.24) is 4.98 Å². The van der Waals surface area contributed by atoms with Crippen LogP contribution in [0.1, 0.15) is 63.1 Å². The number of nitrogens with two attached hydrogens (primary N) is 1. The molecule has 1 aromatic rings. The molecular weight excluding hydrogens is 252 g/mol. The molecule has 0 bridgehead atoms. The molecule has 0 fully saturated rings. The second kappa shape index (κ2) is 9.59. The highest BCUT2D eigenvalue weighted by molar-refractivity contribution is 5.44. The quantitative estimate of drug-likeness (QED) is 0.641. The Morgan fingerprint density at radius 1 is 1.15 bits per heavy atom. The van der Waals surface area contributed by atoms with E-state index in [4.69, 9.17) is 10.5 Å². The Hall–Kier alpha value is -1.29. The molecule has 0 aliphatic carbocycles. The molecule has 0 saturated heterocycles.